The molecule has 1 aromatic heterocycles. The molecule has 0 bridgehead atoms. The highest BCUT2D eigenvalue weighted by Crippen LogP contribution is 2.27. The Labute approximate surface area is 162 Å². The van der Waals surface area contributed by atoms with Gasteiger partial charge in [-0.25, -0.2) is 9.97 Å². The Bertz CT molecular complexity index is 716. The quantitative estimate of drug-likeness (QED) is 0.676. The van der Waals surface area contributed by atoms with Crippen molar-refractivity contribution in [2.24, 2.45) is 0 Å². The largest absolute Gasteiger partial charge is 0.383 e. The Morgan fingerprint density at radius 3 is 2.41 bits per heavy atom. The van der Waals surface area contributed by atoms with Gasteiger partial charge in [-0.3, -0.25) is 4.90 Å². The van der Waals surface area contributed by atoms with Crippen LogP contribution in [0.15, 0.2) is 30.3 Å². The van der Waals surface area contributed by atoms with Crippen LogP contribution in [0.5, 0.6) is 0 Å². The monoisotopic (exact) mass is 370 g/mol. The lowest BCUT2D eigenvalue weighted by molar-refractivity contribution is 0.189. The van der Waals surface area contributed by atoms with Crippen molar-refractivity contribution >= 4 is 5.82 Å². The number of aromatic nitrogens is 2. The molecule has 2 heterocycles. The molecule has 6 heteroatoms. The molecule has 146 valence electrons. The SMILES string of the molecule is COCCN(CCOC)c1nc(C)nc2c1CCN(Cc1ccccc1)C2. The number of ether oxygens (including phenoxy) is 2. The summed E-state index contributed by atoms with van der Waals surface area (Å²) in [7, 11) is 3.47. The Hall–Kier alpha value is -2.02. The summed E-state index contributed by atoms with van der Waals surface area (Å²) in [5.74, 6) is 1.87. The number of anilines is 1. The van der Waals surface area contributed by atoms with Crippen molar-refractivity contribution in [3.8, 4) is 0 Å². The van der Waals surface area contributed by atoms with E-state index in [4.69, 9.17) is 19.4 Å². The molecule has 3 rings (SSSR count). The van der Waals surface area contributed by atoms with Crippen molar-refractivity contribution in [3.63, 3.8) is 0 Å². The van der Waals surface area contributed by atoms with Crippen molar-refractivity contribution in [1.82, 2.24) is 14.9 Å². The van der Waals surface area contributed by atoms with Crippen LogP contribution in [0.4, 0.5) is 5.82 Å². The molecule has 0 amide bonds. The summed E-state index contributed by atoms with van der Waals surface area (Å²) in [6, 6.07) is 10.6. The van der Waals surface area contributed by atoms with Crippen molar-refractivity contribution in [1.29, 1.82) is 0 Å². The van der Waals surface area contributed by atoms with E-state index in [9.17, 15) is 0 Å². The van der Waals surface area contributed by atoms with Crippen molar-refractivity contribution in [2.75, 3.05) is 52.0 Å². The maximum absolute atomic E-state index is 5.30. The number of aryl methyl sites for hydroxylation is 1. The summed E-state index contributed by atoms with van der Waals surface area (Å²) in [5.41, 5.74) is 3.77. The number of methoxy groups -OCH3 is 2. The summed E-state index contributed by atoms with van der Waals surface area (Å²) in [4.78, 5) is 14.3. The topological polar surface area (TPSA) is 50.7 Å². The van der Waals surface area contributed by atoms with Gasteiger partial charge in [-0.05, 0) is 18.9 Å². The van der Waals surface area contributed by atoms with E-state index in [0.717, 1.165) is 56.5 Å². The van der Waals surface area contributed by atoms with Crippen LogP contribution < -0.4 is 4.90 Å². The van der Waals surface area contributed by atoms with E-state index >= 15 is 0 Å². The van der Waals surface area contributed by atoms with E-state index in [2.05, 4.69) is 40.1 Å². The molecule has 2 aromatic rings. The van der Waals surface area contributed by atoms with Crippen LogP contribution in [-0.4, -0.2) is 61.9 Å². The van der Waals surface area contributed by atoms with Crippen molar-refractivity contribution in [2.45, 2.75) is 26.4 Å². The molecular formula is C21H30N4O2. The molecule has 1 aliphatic rings. The van der Waals surface area contributed by atoms with Crippen LogP contribution in [-0.2, 0) is 29.0 Å². The number of benzene rings is 1. The molecule has 27 heavy (non-hydrogen) atoms. The third-order valence-electron chi connectivity index (χ3n) is 4.91. The average molecular weight is 370 g/mol. The van der Waals surface area contributed by atoms with Crippen molar-refractivity contribution in [3.05, 3.63) is 53.0 Å². The molecule has 0 N–H and O–H groups in total. The van der Waals surface area contributed by atoms with Gasteiger partial charge in [-0.1, -0.05) is 30.3 Å². The van der Waals surface area contributed by atoms with Gasteiger partial charge in [0.15, 0.2) is 0 Å². The third-order valence-corrected chi connectivity index (χ3v) is 4.91. The lowest BCUT2D eigenvalue weighted by atomic mass is 10.0. The summed E-state index contributed by atoms with van der Waals surface area (Å²) >= 11 is 0. The molecule has 0 radical (unpaired) electrons. The zero-order valence-electron chi connectivity index (χ0n) is 16.6. The maximum atomic E-state index is 5.30. The molecule has 0 unspecified atom stereocenters. The van der Waals surface area contributed by atoms with Gasteiger partial charge in [0.2, 0.25) is 0 Å². The van der Waals surface area contributed by atoms with E-state index in [-0.39, 0.29) is 0 Å². The Kier molecular flexibility index (Phi) is 7.15. The second-order valence-corrected chi connectivity index (χ2v) is 6.94. The maximum Gasteiger partial charge on any atom is 0.136 e. The van der Waals surface area contributed by atoms with Gasteiger partial charge in [0.05, 0.1) is 18.9 Å². The summed E-state index contributed by atoms with van der Waals surface area (Å²) in [6.45, 7) is 7.75. The highest BCUT2D eigenvalue weighted by atomic mass is 16.5. The summed E-state index contributed by atoms with van der Waals surface area (Å²) in [6.07, 6.45) is 0.967. The van der Waals surface area contributed by atoms with Gasteiger partial charge in [0.25, 0.3) is 0 Å². The molecule has 1 aliphatic heterocycles. The second kappa shape index (κ2) is 9.78. The fourth-order valence-corrected chi connectivity index (χ4v) is 3.55. The highest BCUT2D eigenvalue weighted by Gasteiger charge is 2.24. The molecule has 0 aliphatic carbocycles. The zero-order valence-corrected chi connectivity index (χ0v) is 16.6. The minimum absolute atomic E-state index is 0.668. The Morgan fingerprint density at radius 1 is 1.04 bits per heavy atom. The van der Waals surface area contributed by atoms with Crippen LogP contribution in [0.25, 0.3) is 0 Å². The van der Waals surface area contributed by atoms with Crippen molar-refractivity contribution < 1.29 is 9.47 Å². The fourth-order valence-electron chi connectivity index (χ4n) is 3.55. The van der Waals surface area contributed by atoms with Gasteiger partial charge in [0, 0.05) is 52.5 Å². The number of nitrogens with zero attached hydrogens (tertiary/aromatic N) is 4. The van der Waals surface area contributed by atoms with E-state index in [1.165, 1.54) is 11.1 Å². The van der Waals surface area contributed by atoms with E-state index in [1.807, 2.05) is 6.92 Å². The Balaban J connectivity index is 1.80. The lowest BCUT2D eigenvalue weighted by Crippen LogP contribution is -2.36. The first-order chi connectivity index (χ1) is 13.2. The molecule has 1 aromatic carbocycles. The number of rotatable bonds is 9. The standard InChI is InChI=1S/C21H30N4O2/c1-17-22-20-16-24(15-18-7-5-4-6-8-18)10-9-19(20)21(23-17)25(11-13-26-2)12-14-27-3/h4-8H,9-16H2,1-3H3. The lowest BCUT2D eigenvalue weighted by Gasteiger charge is -2.32. The van der Waals surface area contributed by atoms with Gasteiger partial charge < -0.3 is 14.4 Å². The second-order valence-electron chi connectivity index (χ2n) is 6.94. The first-order valence-corrected chi connectivity index (χ1v) is 9.56. The van der Waals surface area contributed by atoms with E-state index < -0.39 is 0 Å². The van der Waals surface area contributed by atoms with Gasteiger partial charge in [-0.15, -0.1) is 0 Å². The van der Waals surface area contributed by atoms with Gasteiger partial charge >= 0.3 is 0 Å². The normalized spacial score (nSPS) is 14.2. The Morgan fingerprint density at radius 2 is 1.74 bits per heavy atom. The molecule has 0 fully saturated rings. The predicted octanol–water partition coefficient (Wildman–Crippen LogP) is 2.44. The van der Waals surface area contributed by atoms with E-state index in [0.29, 0.717) is 13.2 Å². The number of hydrogen-bond acceptors (Lipinski definition) is 6. The summed E-state index contributed by atoms with van der Waals surface area (Å²) in [5, 5.41) is 0. The first kappa shape index (κ1) is 19.7. The number of hydrogen-bond donors (Lipinski definition) is 0. The average Bonchev–Trinajstić information content (AvgIpc) is 2.68. The molecule has 0 atom stereocenters. The number of fused-ring (bicyclic) bond motifs is 1. The van der Waals surface area contributed by atoms with Crippen LogP contribution in [0.1, 0.15) is 22.6 Å². The fraction of sp³-hybridized carbons (Fsp3) is 0.524. The molecule has 0 saturated heterocycles. The third kappa shape index (κ3) is 5.25. The minimum Gasteiger partial charge on any atom is -0.383 e. The molecular weight excluding hydrogens is 340 g/mol. The van der Waals surface area contributed by atoms with Crippen LogP contribution >= 0.6 is 0 Å². The first-order valence-electron chi connectivity index (χ1n) is 9.56. The smallest absolute Gasteiger partial charge is 0.136 e. The molecule has 0 saturated carbocycles. The van der Waals surface area contributed by atoms with Gasteiger partial charge in [0.1, 0.15) is 11.6 Å². The van der Waals surface area contributed by atoms with Gasteiger partial charge in [-0.2, -0.15) is 0 Å². The summed E-state index contributed by atoms with van der Waals surface area (Å²) < 4.78 is 10.6. The predicted molar refractivity (Wildman–Crippen MR) is 107 cm³/mol. The van der Waals surface area contributed by atoms with Crippen LogP contribution in [0, 0.1) is 6.92 Å². The highest BCUT2D eigenvalue weighted by molar-refractivity contribution is 5.50. The zero-order chi connectivity index (χ0) is 19.1. The van der Waals surface area contributed by atoms with Crippen LogP contribution in [0.3, 0.4) is 0 Å². The van der Waals surface area contributed by atoms with Crippen LogP contribution in [0.2, 0.25) is 0 Å². The molecule has 0 spiro atoms. The molecule has 6 nitrogen and oxygen atoms in total. The minimum atomic E-state index is 0.668. The van der Waals surface area contributed by atoms with E-state index in [1.54, 1.807) is 14.2 Å².